The molecule has 114 valence electrons. The third-order valence-electron chi connectivity index (χ3n) is 3.35. The number of amides is 1. The zero-order chi connectivity index (χ0) is 15.2. The Labute approximate surface area is 128 Å². The van der Waals surface area contributed by atoms with Crippen LogP contribution in [0.2, 0.25) is 0 Å². The summed E-state index contributed by atoms with van der Waals surface area (Å²) in [6.45, 7) is 3.65. The second-order valence-electron chi connectivity index (χ2n) is 5.03. The van der Waals surface area contributed by atoms with Crippen LogP contribution < -0.4 is 5.43 Å². The third-order valence-corrected chi connectivity index (χ3v) is 4.47. The van der Waals surface area contributed by atoms with Gasteiger partial charge in [-0.15, -0.1) is 11.8 Å². The Hall–Kier alpha value is -1.60. The maximum absolute atomic E-state index is 12.1. The number of carbonyl (C=O) groups excluding carboxylic acids is 1. The molecule has 6 nitrogen and oxygen atoms in total. The molecule has 0 spiro atoms. The van der Waals surface area contributed by atoms with Crippen molar-refractivity contribution in [1.29, 1.82) is 0 Å². The number of carbonyl (C=O) groups is 1. The number of nitrogens with zero attached hydrogens (tertiary/aromatic N) is 2. The van der Waals surface area contributed by atoms with E-state index in [1.807, 2.05) is 11.9 Å². The van der Waals surface area contributed by atoms with Crippen molar-refractivity contribution in [3.05, 3.63) is 34.4 Å². The number of non-ortho nitro benzene ring substituents is 1. The van der Waals surface area contributed by atoms with Gasteiger partial charge in [-0.25, -0.2) is 5.01 Å². The first-order valence-electron chi connectivity index (χ1n) is 7.03. The molecule has 0 unspecified atom stereocenters. The van der Waals surface area contributed by atoms with E-state index in [9.17, 15) is 14.9 Å². The predicted molar refractivity (Wildman–Crippen MR) is 82.0 cm³/mol. The average Bonchev–Trinajstić information content (AvgIpc) is 2.48. The first-order valence-corrected chi connectivity index (χ1v) is 7.91. The van der Waals surface area contributed by atoms with E-state index in [1.165, 1.54) is 30.3 Å². The molecule has 1 N–H and O–H groups in total. The summed E-state index contributed by atoms with van der Waals surface area (Å²) in [4.78, 5) is 23.1. The molecular weight excluding hydrogens is 290 g/mol. The van der Waals surface area contributed by atoms with Crippen molar-refractivity contribution in [3.63, 3.8) is 0 Å². The number of nitro groups is 1. The van der Waals surface area contributed by atoms with Crippen molar-refractivity contribution in [1.82, 2.24) is 10.4 Å². The molecule has 0 aliphatic carbocycles. The van der Waals surface area contributed by atoms with Crippen LogP contribution in [0.5, 0.6) is 0 Å². The van der Waals surface area contributed by atoms with Gasteiger partial charge in [0.2, 0.25) is 5.91 Å². The van der Waals surface area contributed by atoms with Gasteiger partial charge < -0.3 is 0 Å². The van der Waals surface area contributed by atoms with Crippen LogP contribution in [-0.4, -0.2) is 34.2 Å². The summed E-state index contributed by atoms with van der Waals surface area (Å²) in [6.07, 6.45) is 3.45. The fraction of sp³-hybridized carbons (Fsp3) is 0.500. The van der Waals surface area contributed by atoms with Gasteiger partial charge in [0.15, 0.2) is 0 Å². The van der Waals surface area contributed by atoms with Crippen LogP contribution in [0.4, 0.5) is 5.69 Å². The quantitative estimate of drug-likeness (QED) is 0.514. The standard InChI is InChI=1S/C14H19N3O3S/c1-11(14(18)15-16-9-3-2-4-10-16)21-13-7-5-12(6-8-13)17(19)20/h5-8,11H,2-4,9-10H2,1H3,(H,15,18)/t11-/m1/s1. The molecule has 0 saturated carbocycles. The van der Waals surface area contributed by atoms with E-state index < -0.39 is 4.92 Å². The highest BCUT2D eigenvalue weighted by Crippen LogP contribution is 2.25. The monoisotopic (exact) mass is 309 g/mol. The van der Waals surface area contributed by atoms with Gasteiger partial charge >= 0.3 is 0 Å². The van der Waals surface area contributed by atoms with Crippen LogP contribution in [-0.2, 0) is 4.79 Å². The smallest absolute Gasteiger partial charge is 0.269 e. The Balaban J connectivity index is 1.86. The molecule has 1 heterocycles. The van der Waals surface area contributed by atoms with Crippen molar-refractivity contribution in [2.24, 2.45) is 0 Å². The van der Waals surface area contributed by atoms with Crippen molar-refractivity contribution in [2.75, 3.05) is 13.1 Å². The number of hydrazine groups is 1. The summed E-state index contributed by atoms with van der Waals surface area (Å²) in [5.41, 5.74) is 2.99. The Morgan fingerprint density at radius 1 is 1.29 bits per heavy atom. The van der Waals surface area contributed by atoms with Gasteiger partial charge in [-0.3, -0.25) is 20.3 Å². The third kappa shape index (κ3) is 4.71. The van der Waals surface area contributed by atoms with Gasteiger partial charge in [-0.2, -0.15) is 0 Å². The lowest BCUT2D eigenvalue weighted by Gasteiger charge is -2.28. The van der Waals surface area contributed by atoms with E-state index in [0.717, 1.165) is 30.8 Å². The normalized spacial score (nSPS) is 17.2. The van der Waals surface area contributed by atoms with Crippen molar-refractivity contribution in [3.8, 4) is 0 Å². The minimum atomic E-state index is -0.430. The molecule has 0 bridgehead atoms. The number of piperidine rings is 1. The van der Waals surface area contributed by atoms with Crippen LogP contribution in [0.3, 0.4) is 0 Å². The summed E-state index contributed by atoms with van der Waals surface area (Å²) in [6, 6.07) is 6.26. The van der Waals surface area contributed by atoms with E-state index in [4.69, 9.17) is 0 Å². The maximum atomic E-state index is 12.1. The van der Waals surface area contributed by atoms with Crippen molar-refractivity contribution < 1.29 is 9.72 Å². The molecule has 1 aromatic rings. The predicted octanol–water partition coefficient (Wildman–Crippen LogP) is 2.59. The second kappa shape index (κ2) is 7.42. The Bertz CT molecular complexity index is 501. The van der Waals surface area contributed by atoms with E-state index in [0.29, 0.717) is 0 Å². The molecule has 0 radical (unpaired) electrons. The van der Waals surface area contributed by atoms with Crippen LogP contribution in [0.25, 0.3) is 0 Å². The lowest BCUT2D eigenvalue weighted by Crippen LogP contribution is -2.47. The minimum absolute atomic E-state index is 0.0275. The summed E-state index contributed by atoms with van der Waals surface area (Å²) in [7, 11) is 0. The van der Waals surface area contributed by atoms with Crippen LogP contribution in [0.15, 0.2) is 29.2 Å². The number of thioether (sulfide) groups is 1. The number of benzene rings is 1. The molecule has 1 atom stereocenters. The van der Waals surface area contributed by atoms with Crippen LogP contribution in [0, 0.1) is 10.1 Å². The first kappa shape index (κ1) is 15.8. The molecule has 0 aromatic heterocycles. The number of nitro benzene ring substituents is 1. The fourth-order valence-corrected chi connectivity index (χ4v) is 3.02. The van der Waals surface area contributed by atoms with E-state index in [1.54, 1.807) is 12.1 Å². The summed E-state index contributed by atoms with van der Waals surface area (Å²) in [5.74, 6) is -0.0275. The molecule has 1 saturated heterocycles. The van der Waals surface area contributed by atoms with Crippen LogP contribution in [0.1, 0.15) is 26.2 Å². The SMILES string of the molecule is C[C@@H](Sc1ccc([N+](=O)[O-])cc1)C(=O)NN1CCCCC1. The molecule has 1 amide bonds. The Morgan fingerprint density at radius 2 is 1.90 bits per heavy atom. The average molecular weight is 309 g/mol. The topological polar surface area (TPSA) is 75.5 Å². The number of nitrogens with one attached hydrogen (secondary N) is 1. The molecule has 7 heteroatoms. The van der Waals surface area contributed by atoms with Crippen molar-refractivity contribution >= 4 is 23.4 Å². The zero-order valence-corrected chi connectivity index (χ0v) is 12.8. The number of hydrogen-bond donors (Lipinski definition) is 1. The molecule has 2 rings (SSSR count). The highest BCUT2D eigenvalue weighted by atomic mass is 32.2. The van der Waals surface area contributed by atoms with Gasteiger partial charge in [-0.1, -0.05) is 6.42 Å². The highest BCUT2D eigenvalue weighted by molar-refractivity contribution is 8.00. The van der Waals surface area contributed by atoms with Gasteiger partial charge in [-0.05, 0) is 31.9 Å². The molecule has 1 aromatic carbocycles. The second-order valence-corrected chi connectivity index (χ2v) is 6.45. The Morgan fingerprint density at radius 3 is 2.48 bits per heavy atom. The van der Waals surface area contributed by atoms with Gasteiger partial charge in [0, 0.05) is 30.1 Å². The lowest BCUT2D eigenvalue weighted by molar-refractivity contribution is -0.384. The summed E-state index contributed by atoms with van der Waals surface area (Å²) < 4.78 is 0. The van der Waals surface area contributed by atoms with E-state index in [-0.39, 0.29) is 16.8 Å². The highest BCUT2D eigenvalue weighted by Gasteiger charge is 2.19. The molecular formula is C14H19N3O3S. The molecule has 1 aliphatic heterocycles. The molecule has 21 heavy (non-hydrogen) atoms. The zero-order valence-electron chi connectivity index (χ0n) is 11.9. The number of rotatable bonds is 5. The summed E-state index contributed by atoms with van der Waals surface area (Å²) in [5, 5.41) is 12.3. The summed E-state index contributed by atoms with van der Waals surface area (Å²) >= 11 is 1.40. The largest absolute Gasteiger partial charge is 0.288 e. The van der Waals surface area contributed by atoms with Crippen LogP contribution >= 0.6 is 11.8 Å². The number of hydrogen-bond acceptors (Lipinski definition) is 5. The van der Waals surface area contributed by atoms with Gasteiger partial charge in [0.1, 0.15) is 0 Å². The van der Waals surface area contributed by atoms with E-state index in [2.05, 4.69) is 5.43 Å². The first-order chi connectivity index (χ1) is 10.1. The van der Waals surface area contributed by atoms with Gasteiger partial charge in [0.25, 0.3) is 5.69 Å². The van der Waals surface area contributed by atoms with E-state index >= 15 is 0 Å². The minimum Gasteiger partial charge on any atom is -0.288 e. The fourth-order valence-electron chi connectivity index (χ4n) is 2.16. The maximum Gasteiger partial charge on any atom is 0.269 e. The van der Waals surface area contributed by atoms with Gasteiger partial charge in [0.05, 0.1) is 10.2 Å². The molecule has 1 aliphatic rings. The molecule has 1 fully saturated rings. The Kier molecular flexibility index (Phi) is 5.58. The lowest BCUT2D eigenvalue weighted by atomic mass is 10.2. The van der Waals surface area contributed by atoms with Crippen molar-refractivity contribution in [2.45, 2.75) is 36.3 Å².